The quantitative estimate of drug-likeness (QED) is 0.191. The standard InChI is InChI=1S/C19H37IO2.C3H9N/c1-2-3-4-5-6-7-8-9-10-11-12-13-18-14-15-19(22-18)21-17-16-20;1-4(2)3/h18-19H,2-17H2,1H3;1-3H3/p+1. The van der Waals surface area contributed by atoms with Crippen molar-refractivity contribution >= 4 is 22.6 Å². The van der Waals surface area contributed by atoms with Crippen molar-refractivity contribution in [2.24, 2.45) is 0 Å². The third-order valence-corrected chi connectivity index (χ3v) is 5.02. The van der Waals surface area contributed by atoms with Crippen LogP contribution in [0.25, 0.3) is 0 Å². The first-order valence-electron chi connectivity index (χ1n) is 11.2. The predicted molar refractivity (Wildman–Crippen MR) is 123 cm³/mol. The van der Waals surface area contributed by atoms with Gasteiger partial charge in [-0.1, -0.05) is 100 Å². The van der Waals surface area contributed by atoms with E-state index in [0.717, 1.165) is 17.5 Å². The molecule has 1 aliphatic rings. The number of alkyl halides is 1. The van der Waals surface area contributed by atoms with E-state index in [-0.39, 0.29) is 6.29 Å². The van der Waals surface area contributed by atoms with Crippen molar-refractivity contribution in [3.8, 4) is 0 Å². The fourth-order valence-corrected chi connectivity index (χ4v) is 3.47. The zero-order valence-corrected chi connectivity index (χ0v) is 20.3. The van der Waals surface area contributed by atoms with Gasteiger partial charge in [-0.3, -0.25) is 0 Å². The van der Waals surface area contributed by atoms with Crippen LogP contribution in [0.3, 0.4) is 0 Å². The number of hydrogen-bond donors (Lipinski definition) is 1. The minimum atomic E-state index is 0.0903. The fourth-order valence-electron chi connectivity index (χ4n) is 3.22. The molecule has 0 amide bonds. The highest BCUT2D eigenvalue weighted by Crippen LogP contribution is 2.25. The van der Waals surface area contributed by atoms with Crippen LogP contribution in [-0.2, 0) is 9.47 Å². The van der Waals surface area contributed by atoms with E-state index in [4.69, 9.17) is 9.47 Å². The number of ether oxygens (including phenoxy) is 2. The molecule has 4 heteroatoms. The number of halogens is 1. The van der Waals surface area contributed by atoms with Gasteiger partial charge in [-0.2, -0.15) is 0 Å². The Labute approximate surface area is 178 Å². The van der Waals surface area contributed by atoms with Crippen molar-refractivity contribution in [1.29, 1.82) is 0 Å². The Balaban J connectivity index is 0.00000141. The average Bonchev–Trinajstić information content (AvgIpc) is 3.05. The molecule has 0 radical (unpaired) electrons. The molecular formula is C22H47INO2+. The van der Waals surface area contributed by atoms with E-state index in [0.29, 0.717) is 6.10 Å². The van der Waals surface area contributed by atoms with Crippen molar-refractivity contribution < 1.29 is 14.4 Å². The lowest BCUT2D eigenvalue weighted by molar-refractivity contribution is -0.836. The van der Waals surface area contributed by atoms with E-state index in [1.807, 2.05) is 0 Å². The maximum Gasteiger partial charge on any atom is 0.158 e. The molecule has 26 heavy (non-hydrogen) atoms. The first-order valence-corrected chi connectivity index (χ1v) is 12.7. The molecule has 0 saturated carbocycles. The van der Waals surface area contributed by atoms with Crippen molar-refractivity contribution in [2.45, 2.75) is 109 Å². The van der Waals surface area contributed by atoms with Crippen molar-refractivity contribution in [1.82, 2.24) is 0 Å². The van der Waals surface area contributed by atoms with E-state index in [1.165, 1.54) is 88.4 Å². The number of nitrogens with one attached hydrogen (secondary N) is 1. The second-order valence-electron chi connectivity index (χ2n) is 8.15. The Hall–Kier alpha value is 0.610. The predicted octanol–water partition coefficient (Wildman–Crippen LogP) is 5.40. The largest absolute Gasteiger partial charge is 0.352 e. The molecule has 1 N–H and O–H groups in total. The third kappa shape index (κ3) is 19.4. The van der Waals surface area contributed by atoms with Gasteiger partial charge in [-0.15, -0.1) is 0 Å². The van der Waals surface area contributed by atoms with Crippen LogP contribution < -0.4 is 4.90 Å². The SMILES string of the molecule is CCCCCCCCCCCCCC1CCC(OCCI)O1.C[NH+](C)C. The van der Waals surface area contributed by atoms with Gasteiger partial charge in [0.25, 0.3) is 0 Å². The molecule has 1 rings (SSSR count). The molecular weight excluding hydrogens is 437 g/mol. The Kier molecular flexibility index (Phi) is 20.8. The lowest BCUT2D eigenvalue weighted by Crippen LogP contribution is -3.02. The molecule has 0 bridgehead atoms. The number of unbranched alkanes of at least 4 members (excludes halogenated alkanes) is 10. The molecule has 0 aliphatic carbocycles. The van der Waals surface area contributed by atoms with Crippen LogP contribution in [0.2, 0.25) is 0 Å². The number of rotatable bonds is 15. The smallest absolute Gasteiger partial charge is 0.158 e. The summed E-state index contributed by atoms with van der Waals surface area (Å²) in [4.78, 5) is 1.42. The summed E-state index contributed by atoms with van der Waals surface area (Å²) in [5.74, 6) is 0. The normalized spacial score (nSPS) is 19.6. The van der Waals surface area contributed by atoms with Gasteiger partial charge in [0.15, 0.2) is 6.29 Å². The summed E-state index contributed by atoms with van der Waals surface area (Å²) in [6, 6.07) is 0. The minimum Gasteiger partial charge on any atom is -0.352 e. The maximum absolute atomic E-state index is 5.93. The monoisotopic (exact) mass is 484 g/mol. The highest BCUT2D eigenvalue weighted by atomic mass is 127. The Bertz CT molecular complexity index is 274. The zero-order valence-electron chi connectivity index (χ0n) is 18.2. The first kappa shape index (κ1) is 26.6. The van der Waals surface area contributed by atoms with E-state index in [1.54, 1.807) is 0 Å². The third-order valence-electron chi connectivity index (χ3n) is 4.58. The topological polar surface area (TPSA) is 22.9 Å². The molecule has 158 valence electrons. The molecule has 0 spiro atoms. The second-order valence-corrected chi connectivity index (χ2v) is 9.23. The van der Waals surface area contributed by atoms with Crippen LogP contribution in [0.1, 0.15) is 96.8 Å². The van der Waals surface area contributed by atoms with E-state index in [2.05, 4.69) is 50.7 Å². The van der Waals surface area contributed by atoms with Gasteiger partial charge in [0.1, 0.15) is 0 Å². The van der Waals surface area contributed by atoms with Gasteiger partial charge in [0.05, 0.1) is 33.9 Å². The van der Waals surface area contributed by atoms with Gasteiger partial charge in [0.2, 0.25) is 0 Å². The molecule has 0 aromatic heterocycles. The molecule has 2 atom stereocenters. The summed E-state index contributed by atoms with van der Waals surface area (Å²) in [6.07, 6.45) is 19.7. The van der Waals surface area contributed by atoms with E-state index >= 15 is 0 Å². The molecule has 3 nitrogen and oxygen atoms in total. The van der Waals surface area contributed by atoms with Gasteiger partial charge in [-0.05, 0) is 12.8 Å². The molecule has 0 aromatic rings. The molecule has 1 saturated heterocycles. The Morgan fingerprint density at radius 2 is 1.35 bits per heavy atom. The summed E-state index contributed by atoms with van der Waals surface area (Å²) < 4.78 is 12.6. The van der Waals surface area contributed by atoms with Crippen LogP contribution in [0.5, 0.6) is 0 Å². The van der Waals surface area contributed by atoms with Crippen LogP contribution >= 0.6 is 22.6 Å². The summed E-state index contributed by atoms with van der Waals surface area (Å²) in [5, 5.41) is 0. The zero-order chi connectivity index (χ0) is 19.5. The molecule has 1 aliphatic heterocycles. The van der Waals surface area contributed by atoms with E-state index in [9.17, 15) is 0 Å². The summed E-state index contributed by atoms with van der Waals surface area (Å²) in [5.41, 5.74) is 0. The van der Waals surface area contributed by atoms with Gasteiger partial charge < -0.3 is 14.4 Å². The molecule has 0 aromatic carbocycles. The summed E-state index contributed by atoms with van der Waals surface area (Å²) in [6.45, 7) is 3.12. The fraction of sp³-hybridized carbons (Fsp3) is 1.00. The number of quaternary nitrogens is 1. The van der Waals surface area contributed by atoms with Gasteiger partial charge >= 0.3 is 0 Å². The average molecular weight is 485 g/mol. The lowest BCUT2D eigenvalue weighted by Gasteiger charge is -2.13. The maximum atomic E-state index is 5.93. The first-order chi connectivity index (χ1) is 12.6. The minimum absolute atomic E-state index is 0.0903. The summed E-state index contributed by atoms with van der Waals surface area (Å²) >= 11 is 2.35. The number of hydrogen-bond acceptors (Lipinski definition) is 2. The van der Waals surface area contributed by atoms with Crippen LogP contribution in [0.15, 0.2) is 0 Å². The van der Waals surface area contributed by atoms with Gasteiger partial charge in [-0.25, -0.2) is 0 Å². The summed E-state index contributed by atoms with van der Waals surface area (Å²) in [7, 11) is 6.25. The highest BCUT2D eigenvalue weighted by molar-refractivity contribution is 14.1. The lowest BCUT2D eigenvalue weighted by atomic mass is 10.0. The highest BCUT2D eigenvalue weighted by Gasteiger charge is 2.24. The second kappa shape index (κ2) is 20.3. The van der Waals surface area contributed by atoms with Gasteiger partial charge in [0, 0.05) is 10.8 Å². The van der Waals surface area contributed by atoms with Crippen molar-refractivity contribution in [3.05, 3.63) is 0 Å². The van der Waals surface area contributed by atoms with Crippen LogP contribution in [0, 0.1) is 0 Å². The Morgan fingerprint density at radius 1 is 0.846 bits per heavy atom. The van der Waals surface area contributed by atoms with Crippen molar-refractivity contribution in [3.63, 3.8) is 0 Å². The van der Waals surface area contributed by atoms with Crippen LogP contribution in [0.4, 0.5) is 0 Å². The molecule has 1 heterocycles. The Morgan fingerprint density at radius 3 is 1.85 bits per heavy atom. The molecule has 2 unspecified atom stereocenters. The van der Waals surface area contributed by atoms with Crippen molar-refractivity contribution in [2.75, 3.05) is 32.2 Å². The van der Waals surface area contributed by atoms with E-state index < -0.39 is 0 Å². The molecule has 1 fully saturated rings. The van der Waals surface area contributed by atoms with Crippen LogP contribution in [-0.4, -0.2) is 44.6 Å².